The zero-order chi connectivity index (χ0) is 11.0. The minimum absolute atomic E-state index is 0.826. The number of hydrogen-bond acceptors (Lipinski definition) is 1. The van der Waals surface area contributed by atoms with E-state index < -0.39 is 0 Å². The molecule has 0 aliphatic heterocycles. The molecule has 0 aromatic heterocycles. The highest BCUT2D eigenvalue weighted by atomic mass is 16.5. The van der Waals surface area contributed by atoms with E-state index in [2.05, 4.69) is 18.2 Å². The molecule has 2 aliphatic rings. The van der Waals surface area contributed by atoms with Crippen molar-refractivity contribution in [2.24, 2.45) is 5.92 Å². The van der Waals surface area contributed by atoms with E-state index in [1.54, 1.807) is 12.7 Å². The van der Waals surface area contributed by atoms with Crippen LogP contribution in [0.5, 0.6) is 5.75 Å². The quantitative estimate of drug-likeness (QED) is 0.691. The minimum atomic E-state index is 0.826. The van der Waals surface area contributed by atoms with Crippen molar-refractivity contribution >= 4 is 0 Å². The molecule has 0 heterocycles. The summed E-state index contributed by atoms with van der Waals surface area (Å²) in [5.74, 6) is 2.89. The van der Waals surface area contributed by atoms with Gasteiger partial charge in [0.2, 0.25) is 0 Å². The topological polar surface area (TPSA) is 9.23 Å². The zero-order valence-electron chi connectivity index (χ0n) is 10.0. The van der Waals surface area contributed by atoms with Crippen molar-refractivity contribution in [2.75, 3.05) is 7.11 Å². The Labute approximate surface area is 97.8 Å². The largest absolute Gasteiger partial charge is 0.496 e. The molecule has 0 spiro atoms. The van der Waals surface area contributed by atoms with Gasteiger partial charge in [-0.2, -0.15) is 0 Å². The molecule has 0 amide bonds. The van der Waals surface area contributed by atoms with Gasteiger partial charge < -0.3 is 4.74 Å². The molecule has 1 nitrogen and oxygen atoms in total. The van der Waals surface area contributed by atoms with Crippen LogP contribution in [0.15, 0.2) is 18.2 Å². The SMILES string of the molecule is COc1cccc2c1CC[C@H]1CCCC[C@@H]21. The molecule has 3 rings (SSSR count). The Bertz CT molecular complexity index is 383. The highest BCUT2D eigenvalue weighted by molar-refractivity contribution is 5.44. The number of benzene rings is 1. The lowest BCUT2D eigenvalue weighted by Gasteiger charge is -2.37. The molecule has 0 unspecified atom stereocenters. The maximum absolute atomic E-state index is 5.49. The van der Waals surface area contributed by atoms with Crippen LogP contribution in [0.25, 0.3) is 0 Å². The summed E-state index contributed by atoms with van der Waals surface area (Å²) in [4.78, 5) is 0. The van der Waals surface area contributed by atoms with E-state index in [0.717, 1.165) is 17.6 Å². The van der Waals surface area contributed by atoms with Crippen molar-refractivity contribution in [3.8, 4) is 5.75 Å². The van der Waals surface area contributed by atoms with E-state index in [4.69, 9.17) is 4.74 Å². The van der Waals surface area contributed by atoms with Gasteiger partial charge in [0.15, 0.2) is 0 Å². The van der Waals surface area contributed by atoms with Crippen molar-refractivity contribution in [1.29, 1.82) is 0 Å². The summed E-state index contributed by atoms with van der Waals surface area (Å²) in [5.41, 5.74) is 3.09. The van der Waals surface area contributed by atoms with Gasteiger partial charge in [-0.05, 0) is 54.7 Å². The van der Waals surface area contributed by atoms with E-state index in [1.165, 1.54) is 44.1 Å². The molecular formula is C15H20O. The van der Waals surface area contributed by atoms with E-state index in [-0.39, 0.29) is 0 Å². The third-order valence-corrected chi connectivity index (χ3v) is 4.46. The highest BCUT2D eigenvalue weighted by Gasteiger charge is 2.32. The monoisotopic (exact) mass is 216 g/mol. The second kappa shape index (κ2) is 4.12. The van der Waals surface area contributed by atoms with E-state index in [9.17, 15) is 0 Å². The average molecular weight is 216 g/mol. The fourth-order valence-corrected chi connectivity index (χ4v) is 3.68. The van der Waals surface area contributed by atoms with Gasteiger partial charge in [-0.15, -0.1) is 0 Å². The van der Waals surface area contributed by atoms with Crippen LogP contribution in [0.3, 0.4) is 0 Å². The first-order chi connectivity index (χ1) is 7.90. The first kappa shape index (κ1) is 10.2. The van der Waals surface area contributed by atoms with Gasteiger partial charge in [0, 0.05) is 0 Å². The maximum Gasteiger partial charge on any atom is 0.122 e. The zero-order valence-corrected chi connectivity index (χ0v) is 10.0. The lowest BCUT2D eigenvalue weighted by Crippen LogP contribution is -2.24. The molecule has 2 atom stereocenters. The van der Waals surface area contributed by atoms with Gasteiger partial charge in [-0.3, -0.25) is 0 Å². The van der Waals surface area contributed by atoms with E-state index in [1.807, 2.05) is 0 Å². The predicted octanol–water partition coefficient (Wildman–Crippen LogP) is 3.92. The molecular weight excluding hydrogens is 196 g/mol. The van der Waals surface area contributed by atoms with Crippen LogP contribution in [0.4, 0.5) is 0 Å². The first-order valence-corrected chi connectivity index (χ1v) is 6.56. The average Bonchev–Trinajstić information content (AvgIpc) is 2.37. The summed E-state index contributed by atoms with van der Waals surface area (Å²) in [6, 6.07) is 6.61. The summed E-state index contributed by atoms with van der Waals surface area (Å²) in [6.07, 6.45) is 8.29. The molecule has 1 fully saturated rings. The summed E-state index contributed by atoms with van der Waals surface area (Å²) >= 11 is 0. The molecule has 0 bridgehead atoms. The Morgan fingerprint density at radius 1 is 1.12 bits per heavy atom. The molecule has 1 saturated carbocycles. The first-order valence-electron chi connectivity index (χ1n) is 6.56. The number of fused-ring (bicyclic) bond motifs is 3. The summed E-state index contributed by atoms with van der Waals surface area (Å²) in [7, 11) is 1.79. The molecule has 1 heteroatoms. The van der Waals surface area contributed by atoms with Crippen LogP contribution in [0.1, 0.15) is 49.1 Å². The van der Waals surface area contributed by atoms with Gasteiger partial charge in [-0.25, -0.2) is 0 Å². The Morgan fingerprint density at radius 3 is 2.88 bits per heavy atom. The Kier molecular flexibility index (Phi) is 2.62. The van der Waals surface area contributed by atoms with Crippen molar-refractivity contribution in [1.82, 2.24) is 0 Å². The second-order valence-corrected chi connectivity index (χ2v) is 5.22. The Hall–Kier alpha value is -0.980. The second-order valence-electron chi connectivity index (χ2n) is 5.22. The van der Waals surface area contributed by atoms with Gasteiger partial charge >= 0.3 is 0 Å². The van der Waals surface area contributed by atoms with Crippen LogP contribution >= 0.6 is 0 Å². The third-order valence-electron chi connectivity index (χ3n) is 4.46. The van der Waals surface area contributed by atoms with Gasteiger partial charge in [0.1, 0.15) is 5.75 Å². The summed E-state index contributed by atoms with van der Waals surface area (Å²) in [6.45, 7) is 0. The van der Waals surface area contributed by atoms with Crippen LogP contribution < -0.4 is 4.74 Å². The normalized spacial score (nSPS) is 28.1. The van der Waals surface area contributed by atoms with Gasteiger partial charge in [0.25, 0.3) is 0 Å². The highest BCUT2D eigenvalue weighted by Crippen LogP contribution is 2.46. The standard InChI is InChI=1S/C15H20O/c1-16-15-8-4-7-13-12-6-3-2-5-11(12)9-10-14(13)15/h4,7-8,11-12H,2-3,5-6,9-10H2,1H3/t11-,12-/m1/s1. The van der Waals surface area contributed by atoms with Crippen LogP contribution in [0, 0.1) is 5.92 Å². The lowest BCUT2D eigenvalue weighted by molar-refractivity contribution is 0.272. The van der Waals surface area contributed by atoms with Crippen LogP contribution in [-0.4, -0.2) is 7.11 Å². The molecule has 2 aliphatic carbocycles. The number of ether oxygens (including phenoxy) is 1. The van der Waals surface area contributed by atoms with Crippen molar-refractivity contribution in [3.63, 3.8) is 0 Å². The van der Waals surface area contributed by atoms with Crippen molar-refractivity contribution < 1.29 is 4.74 Å². The molecule has 0 N–H and O–H groups in total. The van der Waals surface area contributed by atoms with Crippen molar-refractivity contribution in [2.45, 2.75) is 44.4 Å². The van der Waals surface area contributed by atoms with Gasteiger partial charge in [-0.1, -0.05) is 25.0 Å². The fourth-order valence-electron chi connectivity index (χ4n) is 3.68. The van der Waals surface area contributed by atoms with E-state index >= 15 is 0 Å². The lowest BCUT2D eigenvalue weighted by atomic mass is 9.68. The molecule has 86 valence electrons. The Morgan fingerprint density at radius 2 is 2.00 bits per heavy atom. The molecule has 0 radical (unpaired) electrons. The summed E-state index contributed by atoms with van der Waals surface area (Å²) in [5, 5.41) is 0. The summed E-state index contributed by atoms with van der Waals surface area (Å²) < 4.78 is 5.49. The van der Waals surface area contributed by atoms with Gasteiger partial charge in [0.05, 0.1) is 7.11 Å². The maximum atomic E-state index is 5.49. The van der Waals surface area contributed by atoms with Crippen molar-refractivity contribution in [3.05, 3.63) is 29.3 Å². The molecule has 1 aromatic rings. The molecule has 0 saturated heterocycles. The number of rotatable bonds is 1. The third kappa shape index (κ3) is 1.53. The minimum Gasteiger partial charge on any atom is -0.496 e. The number of hydrogen-bond donors (Lipinski definition) is 0. The van der Waals surface area contributed by atoms with E-state index in [0.29, 0.717) is 0 Å². The smallest absolute Gasteiger partial charge is 0.122 e. The molecule has 16 heavy (non-hydrogen) atoms. The fraction of sp³-hybridized carbons (Fsp3) is 0.600. The molecule has 1 aromatic carbocycles. The predicted molar refractivity (Wildman–Crippen MR) is 66.0 cm³/mol. The van der Waals surface area contributed by atoms with Crippen LogP contribution in [-0.2, 0) is 6.42 Å². The van der Waals surface area contributed by atoms with Crippen LogP contribution in [0.2, 0.25) is 0 Å². The number of methoxy groups -OCH3 is 1. The Balaban J connectivity index is 2.01.